The van der Waals surface area contributed by atoms with Crippen LogP contribution in [-0.4, -0.2) is 48.5 Å². The molecule has 6 heteroatoms. The third kappa shape index (κ3) is 1.88. The summed E-state index contributed by atoms with van der Waals surface area (Å²) in [5.41, 5.74) is 0. The Morgan fingerprint density at radius 2 is 1.39 bits per heavy atom. The molecule has 0 amide bonds. The summed E-state index contributed by atoms with van der Waals surface area (Å²) in [6.45, 7) is 7.37. The summed E-state index contributed by atoms with van der Waals surface area (Å²) < 4.78 is 28.9. The first kappa shape index (κ1) is 12.5. The lowest BCUT2D eigenvalue weighted by Crippen LogP contribution is -2.55. The predicted octanol–water partition coefficient (Wildman–Crippen LogP) is 1.03. The second-order valence-electron chi connectivity index (χ2n) is 5.80. The van der Waals surface area contributed by atoms with Crippen LogP contribution in [0.1, 0.15) is 27.7 Å². The molecular weight excluding hydrogens is 238 g/mol. The van der Waals surface area contributed by atoms with E-state index in [9.17, 15) is 0 Å². The number of ether oxygens (including phenoxy) is 5. The standard InChI is InChI=1S/C12H19NO5/c1-11(2)15-7-6(5-13)14-10-9(8(7)16-11)17-12(3,4)18-10/h5-10,13H,1-4H3/t6-,7+,8?,9-,10-/m0/s1. The maximum Gasteiger partial charge on any atom is 0.190 e. The number of fused-ring (bicyclic) bond motifs is 3. The van der Waals surface area contributed by atoms with Gasteiger partial charge in [0.05, 0.1) is 0 Å². The van der Waals surface area contributed by atoms with E-state index in [1.807, 2.05) is 27.7 Å². The number of nitrogens with one attached hydrogen (secondary N) is 1. The summed E-state index contributed by atoms with van der Waals surface area (Å²) in [5.74, 6) is -1.39. The zero-order valence-corrected chi connectivity index (χ0v) is 11.0. The highest BCUT2D eigenvalue weighted by atomic mass is 16.9. The zero-order valence-electron chi connectivity index (χ0n) is 11.0. The zero-order chi connectivity index (χ0) is 13.1. The maximum atomic E-state index is 7.45. The van der Waals surface area contributed by atoms with Gasteiger partial charge in [-0.15, -0.1) is 0 Å². The van der Waals surface area contributed by atoms with Crippen molar-refractivity contribution in [3.05, 3.63) is 0 Å². The molecule has 3 aliphatic rings. The highest BCUT2D eigenvalue weighted by Crippen LogP contribution is 2.43. The van der Waals surface area contributed by atoms with E-state index in [1.54, 1.807) is 0 Å². The molecule has 0 aromatic carbocycles. The molecule has 0 saturated carbocycles. The van der Waals surface area contributed by atoms with Gasteiger partial charge in [0.1, 0.15) is 24.4 Å². The van der Waals surface area contributed by atoms with Crippen LogP contribution in [0, 0.1) is 5.41 Å². The minimum Gasteiger partial charge on any atom is -0.342 e. The van der Waals surface area contributed by atoms with Gasteiger partial charge in [0.2, 0.25) is 0 Å². The van der Waals surface area contributed by atoms with Crippen molar-refractivity contribution in [2.45, 2.75) is 70.0 Å². The minimum absolute atomic E-state index is 0.271. The van der Waals surface area contributed by atoms with Crippen LogP contribution < -0.4 is 0 Å². The van der Waals surface area contributed by atoms with E-state index in [2.05, 4.69) is 0 Å². The summed E-state index contributed by atoms with van der Waals surface area (Å²) in [7, 11) is 0. The average molecular weight is 257 g/mol. The monoisotopic (exact) mass is 257 g/mol. The molecule has 3 saturated heterocycles. The van der Waals surface area contributed by atoms with Crippen molar-refractivity contribution in [1.82, 2.24) is 0 Å². The van der Waals surface area contributed by atoms with Gasteiger partial charge in [-0.2, -0.15) is 0 Å². The van der Waals surface area contributed by atoms with Gasteiger partial charge in [-0.1, -0.05) is 0 Å². The molecular formula is C12H19NO5. The van der Waals surface area contributed by atoms with Crippen LogP contribution in [-0.2, 0) is 23.7 Å². The summed E-state index contributed by atoms with van der Waals surface area (Å²) in [6.07, 6.45) is -0.653. The van der Waals surface area contributed by atoms with E-state index in [4.69, 9.17) is 29.1 Å². The van der Waals surface area contributed by atoms with E-state index < -0.39 is 24.0 Å². The first-order valence-corrected chi connectivity index (χ1v) is 6.19. The Balaban J connectivity index is 1.89. The van der Waals surface area contributed by atoms with E-state index in [0.717, 1.165) is 0 Å². The molecule has 0 spiro atoms. The maximum absolute atomic E-state index is 7.45. The number of hydrogen-bond acceptors (Lipinski definition) is 6. The molecule has 1 unspecified atom stereocenters. The second-order valence-corrected chi connectivity index (χ2v) is 5.80. The molecule has 0 bridgehead atoms. The largest absolute Gasteiger partial charge is 0.342 e. The van der Waals surface area contributed by atoms with Crippen molar-refractivity contribution >= 4 is 6.21 Å². The second kappa shape index (κ2) is 3.74. The lowest BCUT2D eigenvalue weighted by atomic mass is 10.00. The van der Waals surface area contributed by atoms with E-state index >= 15 is 0 Å². The quantitative estimate of drug-likeness (QED) is 0.710. The van der Waals surface area contributed by atoms with Crippen LogP contribution in [0.4, 0.5) is 0 Å². The predicted molar refractivity (Wildman–Crippen MR) is 61.3 cm³/mol. The van der Waals surface area contributed by atoms with Gasteiger partial charge in [0.15, 0.2) is 17.9 Å². The van der Waals surface area contributed by atoms with Crippen molar-refractivity contribution in [3.8, 4) is 0 Å². The molecule has 3 aliphatic heterocycles. The summed E-state index contributed by atoms with van der Waals surface area (Å²) in [5, 5.41) is 7.45. The molecule has 0 radical (unpaired) electrons. The van der Waals surface area contributed by atoms with Gasteiger partial charge in [-0.3, -0.25) is 0 Å². The van der Waals surface area contributed by atoms with Gasteiger partial charge in [0.25, 0.3) is 0 Å². The SMILES string of the molecule is CC1(C)O[C@@H]2O[C@@H](C=N)[C@H]3OC(C)(C)OC3[C@@H]2O1. The van der Waals surface area contributed by atoms with Gasteiger partial charge in [-0.05, 0) is 27.7 Å². The van der Waals surface area contributed by atoms with E-state index in [1.165, 1.54) is 6.21 Å². The average Bonchev–Trinajstić information content (AvgIpc) is 2.71. The Labute approximate surface area is 106 Å². The fraction of sp³-hybridized carbons (Fsp3) is 0.917. The van der Waals surface area contributed by atoms with E-state index in [-0.39, 0.29) is 18.3 Å². The van der Waals surface area contributed by atoms with E-state index in [0.29, 0.717) is 0 Å². The van der Waals surface area contributed by atoms with Crippen LogP contribution in [0.5, 0.6) is 0 Å². The molecule has 0 aromatic heterocycles. The van der Waals surface area contributed by atoms with Crippen molar-refractivity contribution < 1.29 is 23.7 Å². The topological polar surface area (TPSA) is 70.0 Å². The Morgan fingerprint density at radius 1 is 0.833 bits per heavy atom. The Hall–Kier alpha value is -0.530. The van der Waals surface area contributed by atoms with Crippen molar-refractivity contribution in [2.75, 3.05) is 0 Å². The first-order chi connectivity index (χ1) is 8.31. The molecule has 6 nitrogen and oxygen atoms in total. The van der Waals surface area contributed by atoms with Crippen LogP contribution in [0.2, 0.25) is 0 Å². The summed E-state index contributed by atoms with van der Waals surface area (Å²) in [4.78, 5) is 0. The molecule has 3 fully saturated rings. The normalized spacial score (nSPS) is 48.6. The molecule has 1 N–H and O–H groups in total. The highest BCUT2D eigenvalue weighted by Gasteiger charge is 2.60. The molecule has 5 atom stereocenters. The van der Waals surface area contributed by atoms with Gasteiger partial charge >= 0.3 is 0 Å². The molecule has 0 aliphatic carbocycles. The van der Waals surface area contributed by atoms with Gasteiger partial charge in [-0.25, -0.2) is 0 Å². The molecule has 18 heavy (non-hydrogen) atoms. The van der Waals surface area contributed by atoms with Crippen LogP contribution in [0.15, 0.2) is 0 Å². The highest BCUT2D eigenvalue weighted by molar-refractivity contribution is 5.61. The fourth-order valence-electron chi connectivity index (χ4n) is 2.78. The third-order valence-corrected chi connectivity index (χ3v) is 3.35. The van der Waals surface area contributed by atoms with Crippen LogP contribution >= 0.6 is 0 Å². The van der Waals surface area contributed by atoms with Crippen molar-refractivity contribution in [1.29, 1.82) is 5.41 Å². The number of rotatable bonds is 1. The van der Waals surface area contributed by atoms with Gasteiger partial charge in [0, 0.05) is 6.21 Å². The lowest BCUT2D eigenvalue weighted by molar-refractivity contribution is -0.217. The fourth-order valence-corrected chi connectivity index (χ4v) is 2.78. The van der Waals surface area contributed by atoms with Crippen LogP contribution in [0.3, 0.4) is 0 Å². The first-order valence-electron chi connectivity index (χ1n) is 6.19. The lowest BCUT2D eigenvalue weighted by Gasteiger charge is -2.35. The Bertz CT molecular complexity index is 369. The third-order valence-electron chi connectivity index (χ3n) is 3.35. The van der Waals surface area contributed by atoms with Crippen LogP contribution in [0.25, 0.3) is 0 Å². The molecule has 102 valence electrons. The smallest absolute Gasteiger partial charge is 0.190 e. The molecule has 3 heterocycles. The minimum atomic E-state index is -0.701. The Morgan fingerprint density at radius 3 is 2.06 bits per heavy atom. The van der Waals surface area contributed by atoms with Crippen molar-refractivity contribution in [2.24, 2.45) is 0 Å². The molecule has 3 rings (SSSR count). The molecule has 0 aromatic rings. The summed E-state index contributed by atoms with van der Waals surface area (Å²) >= 11 is 0. The Kier molecular flexibility index (Phi) is 2.60. The van der Waals surface area contributed by atoms with Gasteiger partial charge < -0.3 is 29.1 Å². The summed E-state index contributed by atoms with van der Waals surface area (Å²) in [6, 6.07) is 0. The number of hydrogen-bond donors (Lipinski definition) is 1. The van der Waals surface area contributed by atoms with Crippen molar-refractivity contribution in [3.63, 3.8) is 0 Å².